The highest BCUT2D eigenvalue weighted by Gasteiger charge is 2.33. The van der Waals surface area contributed by atoms with Gasteiger partial charge >= 0.3 is 12.1 Å². The van der Waals surface area contributed by atoms with Crippen molar-refractivity contribution in [2.24, 2.45) is 5.92 Å². The van der Waals surface area contributed by atoms with E-state index in [1.807, 2.05) is 0 Å². The van der Waals surface area contributed by atoms with Crippen molar-refractivity contribution in [1.82, 2.24) is 9.97 Å². The van der Waals surface area contributed by atoms with Crippen LogP contribution in [0.5, 0.6) is 0 Å². The van der Waals surface area contributed by atoms with Crippen molar-refractivity contribution in [2.45, 2.75) is 19.5 Å². The van der Waals surface area contributed by atoms with E-state index < -0.39 is 11.7 Å². The van der Waals surface area contributed by atoms with Crippen LogP contribution in [0.2, 0.25) is 0 Å². The summed E-state index contributed by atoms with van der Waals surface area (Å²) in [7, 11) is 0. The molecule has 1 saturated heterocycles. The topological polar surface area (TPSA) is 55.3 Å². The molecule has 5 nitrogen and oxygen atoms in total. The molecule has 20 heavy (non-hydrogen) atoms. The highest BCUT2D eigenvalue weighted by atomic mass is 19.4. The molecule has 1 fully saturated rings. The Morgan fingerprint density at radius 2 is 2.00 bits per heavy atom. The van der Waals surface area contributed by atoms with Gasteiger partial charge in [-0.15, -0.1) is 0 Å². The zero-order valence-electron chi connectivity index (χ0n) is 10.9. The largest absolute Gasteiger partial charge is 0.466 e. The van der Waals surface area contributed by atoms with Gasteiger partial charge in [0, 0.05) is 31.4 Å². The van der Waals surface area contributed by atoms with Crippen LogP contribution in [-0.4, -0.2) is 35.6 Å². The van der Waals surface area contributed by atoms with Crippen molar-refractivity contribution in [1.29, 1.82) is 0 Å². The van der Waals surface area contributed by atoms with Crippen molar-refractivity contribution in [2.75, 3.05) is 24.6 Å². The van der Waals surface area contributed by atoms with Crippen molar-refractivity contribution >= 4 is 11.9 Å². The summed E-state index contributed by atoms with van der Waals surface area (Å²) in [4.78, 5) is 20.4. The summed E-state index contributed by atoms with van der Waals surface area (Å²) in [5.74, 6) is 0.128. The van der Waals surface area contributed by atoms with Crippen LogP contribution in [-0.2, 0) is 15.7 Å². The molecule has 0 aliphatic carbocycles. The van der Waals surface area contributed by atoms with E-state index in [1.165, 1.54) is 0 Å². The molecule has 0 radical (unpaired) electrons. The van der Waals surface area contributed by atoms with Crippen LogP contribution < -0.4 is 4.90 Å². The predicted molar refractivity (Wildman–Crippen MR) is 64.0 cm³/mol. The van der Waals surface area contributed by atoms with Gasteiger partial charge < -0.3 is 9.64 Å². The smallest absolute Gasteiger partial charge is 0.419 e. The number of ether oxygens (including phenoxy) is 1. The van der Waals surface area contributed by atoms with Gasteiger partial charge in [-0.05, 0) is 6.92 Å². The highest BCUT2D eigenvalue weighted by molar-refractivity contribution is 5.70. The fourth-order valence-electron chi connectivity index (χ4n) is 1.95. The minimum atomic E-state index is -4.43. The summed E-state index contributed by atoms with van der Waals surface area (Å²) in [6, 6.07) is 0. The maximum Gasteiger partial charge on any atom is 0.419 e. The molecule has 0 amide bonds. The number of rotatable bonds is 4. The molecular weight excluding hydrogens is 275 g/mol. The van der Waals surface area contributed by atoms with Crippen molar-refractivity contribution in [3.63, 3.8) is 0 Å². The molecule has 0 saturated carbocycles. The molecule has 0 N–H and O–H groups in total. The molecule has 0 bridgehead atoms. The van der Waals surface area contributed by atoms with Gasteiger partial charge in [-0.25, -0.2) is 9.97 Å². The lowest BCUT2D eigenvalue weighted by atomic mass is 9.97. The van der Waals surface area contributed by atoms with Crippen LogP contribution >= 0.6 is 0 Å². The van der Waals surface area contributed by atoms with Crippen LogP contribution in [0.3, 0.4) is 0 Å². The lowest BCUT2D eigenvalue weighted by Crippen LogP contribution is -2.48. The number of hydrogen-bond acceptors (Lipinski definition) is 5. The lowest BCUT2D eigenvalue weighted by Gasteiger charge is -2.38. The average Bonchev–Trinajstić information content (AvgIpc) is 2.33. The number of anilines is 1. The maximum absolute atomic E-state index is 12.3. The normalized spacial score (nSPS) is 15.9. The maximum atomic E-state index is 12.3. The van der Waals surface area contributed by atoms with Crippen LogP contribution in [0.1, 0.15) is 18.9 Å². The number of nitrogens with zero attached hydrogens (tertiary/aromatic N) is 3. The van der Waals surface area contributed by atoms with Crippen molar-refractivity contribution in [3.8, 4) is 0 Å². The molecular formula is C12H14F3N3O2. The van der Waals surface area contributed by atoms with E-state index >= 15 is 0 Å². The summed E-state index contributed by atoms with van der Waals surface area (Å²) in [5, 5.41) is 0. The second-order valence-corrected chi connectivity index (χ2v) is 4.55. The Balaban J connectivity index is 1.85. The van der Waals surface area contributed by atoms with Crippen LogP contribution in [0.15, 0.2) is 12.4 Å². The number of esters is 1. The Kier molecular flexibility index (Phi) is 4.10. The average molecular weight is 289 g/mol. The van der Waals surface area contributed by atoms with E-state index in [4.69, 9.17) is 4.74 Å². The van der Waals surface area contributed by atoms with E-state index in [-0.39, 0.29) is 17.8 Å². The van der Waals surface area contributed by atoms with Crippen LogP contribution in [0, 0.1) is 5.92 Å². The van der Waals surface area contributed by atoms with E-state index in [0.717, 1.165) is 12.4 Å². The molecule has 1 aliphatic rings. The fraction of sp³-hybridized carbons (Fsp3) is 0.583. The molecule has 110 valence electrons. The molecule has 2 heterocycles. The van der Waals surface area contributed by atoms with Gasteiger partial charge in [-0.2, -0.15) is 13.2 Å². The lowest BCUT2D eigenvalue weighted by molar-refractivity contribution is -0.144. The minimum absolute atomic E-state index is 0.139. The standard InChI is InChI=1S/C12H14F3N3O2/c1-2-20-10(19)3-8-6-18(7-8)11-16-4-9(5-17-11)12(13,14)15/h4-5,8H,2-3,6-7H2,1H3. The molecule has 8 heteroatoms. The molecule has 0 atom stereocenters. The zero-order chi connectivity index (χ0) is 14.8. The number of carbonyl (C=O) groups is 1. The van der Waals surface area contributed by atoms with Gasteiger partial charge in [0.25, 0.3) is 0 Å². The third-order valence-corrected chi connectivity index (χ3v) is 2.97. The SMILES string of the molecule is CCOC(=O)CC1CN(c2ncc(C(F)(F)F)cn2)C1. The monoisotopic (exact) mass is 289 g/mol. The van der Waals surface area contributed by atoms with Gasteiger partial charge in [-0.1, -0.05) is 0 Å². The summed E-state index contributed by atoms with van der Waals surface area (Å²) >= 11 is 0. The van der Waals surface area contributed by atoms with Gasteiger partial charge in [-0.3, -0.25) is 4.79 Å². The molecule has 0 aromatic carbocycles. The second-order valence-electron chi connectivity index (χ2n) is 4.55. The number of hydrogen-bond donors (Lipinski definition) is 0. The highest BCUT2D eigenvalue weighted by Crippen LogP contribution is 2.29. The quantitative estimate of drug-likeness (QED) is 0.792. The Morgan fingerprint density at radius 3 is 2.50 bits per heavy atom. The Hall–Kier alpha value is -1.86. The number of halogens is 3. The summed E-state index contributed by atoms with van der Waals surface area (Å²) < 4.78 is 41.9. The third-order valence-electron chi connectivity index (χ3n) is 2.97. The summed E-state index contributed by atoms with van der Waals surface area (Å²) in [6.45, 7) is 3.17. The third kappa shape index (κ3) is 3.37. The van der Waals surface area contributed by atoms with Crippen molar-refractivity contribution < 1.29 is 22.7 Å². The van der Waals surface area contributed by atoms with E-state index in [1.54, 1.807) is 11.8 Å². The first-order valence-electron chi connectivity index (χ1n) is 6.20. The second kappa shape index (κ2) is 5.64. The number of alkyl halides is 3. The molecule has 1 aromatic rings. The zero-order valence-corrected chi connectivity index (χ0v) is 10.9. The minimum Gasteiger partial charge on any atom is -0.466 e. The summed E-state index contributed by atoms with van der Waals surface area (Å²) in [6.07, 6.45) is -2.59. The van der Waals surface area contributed by atoms with Gasteiger partial charge in [0.2, 0.25) is 5.95 Å². The Labute approximate surface area is 113 Å². The first-order valence-corrected chi connectivity index (χ1v) is 6.20. The van der Waals surface area contributed by atoms with Crippen LogP contribution in [0.4, 0.5) is 19.1 Å². The van der Waals surface area contributed by atoms with E-state index in [9.17, 15) is 18.0 Å². The Morgan fingerprint density at radius 1 is 1.40 bits per heavy atom. The van der Waals surface area contributed by atoms with E-state index in [0.29, 0.717) is 26.1 Å². The first kappa shape index (κ1) is 14.5. The number of aromatic nitrogens is 2. The van der Waals surface area contributed by atoms with E-state index in [2.05, 4.69) is 9.97 Å². The predicted octanol–water partition coefficient (Wildman–Crippen LogP) is 1.88. The molecule has 1 aliphatic heterocycles. The van der Waals surface area contributed by atoms with Gasteiger partial charge in [0.15, 0.2) is 0 Å². The first-order chi connectivity index (χ1) is 9.40. The molecule has 0 unspecified atom stereocenters. The van der Waals surface area contributed by atoms with Crippen molar-refractivity contribution in [3.05, 3.63) is 18.0 Å². The Bertz CT molecular complexity index is 470. The molecule has 2 rings (SSSR count). The number of carbonyl (C=O) groups excluding carboxylic acids is 1. The van der Waals surface area contributed by atoms with Crippen LogP contribution in [0.25, 0.3) is 0 Å². The van der Waals surface area contributed by atoms with Gasteiger partial charge in [0.1, 0.15) is 0 Å². The fourth-order valence-corrected chi connectivity index (χ4v) is 1.95. The molecule has 1 aromatic heterocycles. The summed E-state index contributed by atoms with van der Waals surface area (Å²) in [5.41, 5.74) is -0.871. The molecule has 0 spiro atoms. The van der Waals surface area contributed by atoms with Gasteiger partial charge in [0.05, 0.1) is 18.6 Å².